The van der Waals surface area contributed by atoms with E-state index in [4.69, 9.17) is 4.74 Å². The quantitative estimate of drug-likeness (QED) is 0.631. The lowest BCUT2D eigenvalue weighted by Gasteiger charge is -2.17. The summed E-state index contributed by atoms with van der Waals surface area (Å²) in [6, 6.07) is 3.87. The van der Waals surface area contributed by atoms with Gasteiger partial charge < -0.3 is 9.47 Å². The van der Waals surface area contributed by atoms with Crippen LogP contribution in [0.4, 0.5) is 4.39 Å². The van der Waals surface area contributed by atoms with Crippen molar-refractivity contribution in [3.05, 3.63) is 41.2 Å². The van der Waals surface area contributed by atoms with E-state index in [1.165, 1.54) is 25.3 Å². The molecule has 0 spiro atoms. The standard InChI is InChI=1S/C15H17FO4/c1-15(2,3)20-13(17)8-7-10-5-6-11(9-12(10)16)14(18)19-4/h5-9H,1-4H3/b8-7+. The molecule has 20 heavy (non-hydrogen) atoms. The first-order valence-electron chi connectivity index (χ1n) is 6.02. The molecule has 4 nitrogen and oxygen atoms in total. The maximum Gasteiger partial charge on any atom is 0.337 e. The van der Waals surface area contributed by atoms with E-state index < -0.39 is 23.4 Å². The van der Waals surface area contributed by atoms with Crippen LogP contribution in [0, 0.1) is 5.82 Å². The zero-order chi connectivity index (χ0) is 15.3. The maximum atomic E-state index is 13.7. The third-order valence-electron chi connectivity index (χ3n) is 2.23. The molecule has 0 unspecified atom stereocenters. The van der Waals surface area contributed by atoms with Crippen LogP contribution in [0.1, 0.15) is 36.7 Å². The summed E-state index contributed by atoms with van der Waals surface area (Å²) in [6.07, 6.45) is 2.44. The van der Waals surface area contributed by atoms with Gasteiger partial charge in [-0.25, -0.2) is 14.0 Å². The summed E-state index contributed by atoms with van der Waals surface area (Å²) in [4.78, 5) is 22.7. The highest BCUT2D eigenvalue weighted by Crippen LogP contribution is 2.14. The second-order valence-corrected chi connectivity index (χ2v) is 5.09. The van der Waals surface area contributed by atoms with Gasteiger partial charge in [0.25, 0.3) is 0 Å². The van der Waals surface area contributed by atoms with Gasteiger partial charge in [-0.05, 0) is 39.0 Å². The monoisotopic (exact) mass is 280 g/mol. The normalized spacial score (nSPS) is 11.4. The summed E-state index contributed by atoms with van der Waals surface area (Å²) >= 11 is 0. The predicted octanol–water partition coefficient (Wildman–Crippen LogP) is 2.97. The molecular weight excluding hydrogens is 263 g/mol. The van der Waals surface area contributed by atoms with Gasteiger partial charge in [-0.3, -0.25) is 0 Å². The number of hydrogen-bond donors (Lipinski definition) is 0. The van der Waals surface area contributed by atoms with E-state index in [0.29, 0.717) is 0 Å². The summed E-state index contributed by atoms with van der Waals surface area (Å²) in [5, 5.41) is 0. The average Bonchev–Trinajstić information content (AvgIpc) is 2.34. The number of hydrogen-bond acceptors (Lipinski definition) is 4. The molecule has 1 aromatic rings. The topological polar surface area (TPSA) is 52.6 Å². The van der Waals surface area contributed by atoms with Crippen LogP contribution >= 0.6 is 0 Å². The van der Waals surface area contributed by atoms with E-state index in [2.05, 4.69) is 4.74 Å². The molecular formula is C15H17FO4. The van der Waals surface area contributed by atoms with Crippen LogP contribution in [0.5, 0.6) is 0 Å². The lowest BCUT2D eigenvalue weighted by atomic mass is 10.1. The minimum Gasteiger partial charge on any atom is -0.465 e. The van der Waals surface area contributed by atoms with Crippen molar-refractivity contribution in [3.63, 3.8) is 0 Å². The number of halogens is 1. The van der Waals surface area contributed by atoms with E-state index in [1.54, 1.807) is 20.8 Å². The molecule has 0 bridgehead atoms. The molecule has 0 radical (unpaired) electrons. The Kier molecular flexibility index (Phi) is 5.02. The number of carbonyl (C=O) groups is 2. The largest absolute Gasteiger partial charge is 0.465 e. The van der Waals surface area contributed by atoms with E-state index >= 15 is 0 Å². The zero-order valence-electron chi connectivity index (χ0n) is 11.9. The Bertz CT molecular complexity index is 541. The van der Waals surface area contributed by atoms with Gasteiger partial charge in [0.05, 0.1) is 12.7 Å². The van der Waals surface area contributed by atoms with Gasteiger partial charge in [-0.2, -0.15) is 0 Å². The summed E-state index contributed by atoms with van der Waals surface area (Å²) < 4.78 is 23.3. The lowest BCUT2D eigenvalue weighted by molar-refractivity contribution is -0.148. The molecule has 0 atom stereocenters. The van der Waals surface area contributed by atoms with E-state index in [0.717, 1.165) is 12.1 Å². The third kappa shape index (κ3) is 4.84. The molecule has 5 heteroatoms. The van der Waals surface area contributed by atoms with Crippen molar-refractivity contribution in [2.45, 2.75) is 26.4 Å². The first-order valence-corrected chi connectivity index (χ1v) is 6.02. The Morgan fingerprint density at radius 3 is 2.40 bits per heavy atom. The Balaban J connectivity index is 2.84. The highest BCUT2D eigenvalue weighted by atomic mass is 19.1. The Hall–Kier alpha value is -2.17. The van der Waals surface area contributed by atoms with Gasteiger partial charge in [0.2, 0.25) is 0 Å². The molecule has 0 aliphatic rings. The van der Waals surface area contributed by atoms with Crippen molar-refractivity contribution in [1.82, 2.24) is 0 Å². The molecule has 108 valence electrons. The minimum atomic E-state index is -0.619. The summed E-state index contributed by atoms with van der Waals surface area (Å²) in [5.74, 6) is -1.80. The Morgan fingerprint density at radius 2 is 1.90 bits per heavy atom. The highest BCUT2D eigenvalue weighted by Gasteiger charge is 2.14. The van der Waals surface area contributed by atoms with Gasteiger partial charge in [0.15, 0.2) is 0 Å². The molecule has 0 amide bonds. The Labute approximate surface area is 117 Å². The first kappa shape index (κ1) is 15.9. The van der Waals surface area contributed by atoms with Crippen molar-refractivity contribution >= 4 is 18.0 Å². The van der Waals surface area contributed by atoms with Gasteiger partial charge in [0, 0.05) is 11.6 Å². The SMILES string of the molecule is COC(=O)c1ccc(/C=C/C(=O)OC(C)(C)C)c(F)c1. The zero-order valence-corrected chi connectivity index (χ0v) is 11.9. The first-order chi connectivity index (χ1) is 9.23. The summed E-state index contributed by atoms with van der Waals surface area (Å²) in [5.41, 5.74) is -0.308. The highest BCUT2D eigenvalue weighted by molar-refractivity contribution is 5.90. The molecule has 1 rings (SSSR count). The van der Waals surface area contributed by atoms with Crippen LogP contribution < -0.4 is 0 Å². The maximum absolute atomic E-state index is 13.7. The van der Waals surface area contributed by atoms with Crippen LogP contribution in [-0.2, 0) is 14.3 Å². The number of ether oxygens (including phenoxy) is 2. The van der Waals surface area contributed by atoms with Crippen molar-refractivity contribution in [2.24, 2.45) is 0 Å². The Morgan fingerprint density at radius 1 is 1.25 bits per heavy atom. The average molecular weight is 280 g/mol. The van der Waals surface area contributed by atoms with Gasteiger partial charge >= 0.3 is 11.9 Å². The predicted molar refractivity (Wildman–Crippen MR) is 72.6 cm³/mol. The molecule has 0 saturated heterocycles. The van der Waals surface area contributed by atoms with Gasteiger partial charge in [-0.15, -0.1) is 0 Å². The van der Waals surface area contributed by atoms with E-state index in [1.807, 2.05) is 0 Å². The summed E-state index contributed by atoms with van der Waals surface area (Å²) in [7, 11) is 1.22. The molecule has 0 aliphatic carbocycles. The van der Waals surface area contributed by atoms with Crippen LogP contribution in [0.25, 0.3) is 6.08 Å². The van der Waals surface area contributed by atoms with E-state index in [-0.39, 0.29) is 11.1 Å². The number of carbonyl (C=O) groups excluding carboxylic acids is 2. The smallest absolute Gasteiger partial charge is 0.337 e. The number of esters is 2. The van der Waals surface area contributed by atoms with Gasteiger partial charge in [-0.1, -0.05) is 6.07 Å². The fourth-order valence-corrected chi connectivity index (χ4v) is 1.40. The van der Waals surface area contributed by atoms with Crippen LogP contribution in [0.2, 0.25) is 0 Å². The van der Waals surface area contributed by atoms with Crippen molar-refractivity contribution in [1.29, 1.82) is 0 Å². The fourth-order valence-electron chi connectivity index (χ4n) is 1.40. The van der Waals surface area contributed by atoms with Crippen molar-refractivity contribution < 1.29 is 23.5 Å². The van der Waals surface area contributed by atoms with Crippen LogP contribution in [0.15, 0.2) is 24.3 Å². The molecule has 0 saturated carbocycles. The summed E-state index contributed by atoms with van der Waals surface area (Å²) in [6.45, 7) is 5.22. The van der Waals surface area contributed by atoms with Crippen molar-refractivity contribution in [2.75, 3.05) is 7.11 Å². The molecule has 1 aromatic carbocycles. The van der Waals surface area contributed by atoms with Crippen LogP contribution in [0.3, 0.4) is 0 Å². The molecule has 0 aromatic heterocycles. The fraction of sp³-hybridized carbons (Fsp3) is 0.333. The van der Waals surface area contributed by atoms with Crippen LogP contribution in [-0.4, -0.2) is 24.6 Å². The lowest BCUT2D eigenvalue weighted by Crippen LogP contribution is -2.22. The molecule has 0 aliphatic heterocycles. The minimum absolute atomic E-state index is 0.111. The number of benzene rings is 1. The van der Waals surface area contributed by atoms with Gasteiger partial charge in [0.1, 0.15) is 11.4 Å². The molecule has 0 N–H and O–H groups in total. The number of rotatable bonds is 3. The van der Waals surface area contributed by atoms with Crippen molar-refractivity contribution in [3.8, 4) is 0 Å². The number of methoxy groups -OCH3 is 1. The second-order valence-electron chi connectivity index (χ2n) is 5.09. The molecule has 0 fully saturated rings. The molecule has 0 heterocycles. The third-order valence-corrected chi connectivity index (χ3v) is 2.23. The van der Waals surface area contributed by atoms with E-state index in [9.17, 15) is 14.0 Å². The second kappa shape index (κ2) is 6.32.